The van der Waals surface area contributed by atoms with Gasteiger partial charge in [0.2, 0.25) is 0 Å². The van der Waals surface area contributed by atoms with Gasteiger partial charge in [0.05, 0.1) is 13.2 Å². The number of esters is 1. The van der Waals surface area contributed by atoms with Crippen LogP contribution >= 0.6 is 0 Å². The first-order valence-electron chi connectivity index (χ1n) is 6.53. The lowest BCUT2D eigenvalue weighted by molar-refractivity contribution is -0.146. The van der Waals surface area contributed by atoms with Crippen LogP contribution in [0.4, 0.5) is 18.0 Å². The molecule has 0 saturated carbocycles. The molecule has 0 spiro atoms. The van der Waals surface area contributed by atoms with Gasteiger partial charge in [0.15, 0.2) is 5.69 Å². The predicted molar refractivity (Wildman–Crippen MR) is 66.0 cm³/mol. The Morgan fingerprint density at radius 1 is 1.41 bits per heavy atom. The average Bonchev–Trinajstić information content (AvgIpc) is 2.77. The SMILES string of the molecule is CCOC(=O)Cn1nc(C(F)(F)F)c2c1CCN(C(=O)O)C2. The monoisotopic (exact) mass is 321 g/mol. The van der Waals surface area contributed by atoms with Crippen molar-refractivity contribution in [1.82, 2.24) is 14.7 Å². The third kappa shape index (κ3) is 3.15. The third-order valence-electron chi connectivity index (χ3n) is 3.26. The Balaban J connectivity index is 2.38. The van der Waals surface area contributed by atoms with E-state index in [1.807, 2.05) is 0 Å². The number of hydrogen-bond acceptors (Lipinski definition) is 4. The number of aromatic nitrogens is 2. The van der Waals surface area contributed by atoms with Crippen LogP contribution in [-0.4, -0.2) is 45.0 Å². The number of nitrogens with zero attached hydrogens (tertiary/aromatic N) is 3. The number of carbonyl (C=O) groups excluding carboxylic acids is 1. The van der Waals surface area contributed by atoms with Crippen LogP contribution in [0, 0.1) is 0 Å². The molecule has 0 aliphatic carbocycles. The second-order valence-corrected chi connectivity index (χ2v) is 4.69. The van der Waals surface area contributed by atoms with Crippen molar-refractivity contribution in [2.45, 2.75) is 32.6 Å². The quantitative estimate of drug-likeness (QED) is 0.853. The van der Waals surface area contributed by atoms with Crippen molar-refractivity contribution in [3.63, 3.8) is 0 Å². The van der Waals surface area contributed by atoms with Crippen LogP contribution < -0.4 is 0 Å². The molecule has 1 aromatic rings. The first-order valence-corrected chi connectivity index (χ1v) is 6.53. The Morgan fingerprint density at radius 2 is 2.09 bits per heavy atom. The van der Waals surface area contributed by atoms with Gasteiger partial charge in [-0.3, -0.25) is 9.48 Å². The molecule has 122 valence electrons. The highest BCUT2D eigenvalue weighted by Crippen LogP contribution is 2.35. The van der Waals surface area contributed by atoms with Crippen molar-refractivity contribution < 1.29 is 32.6 Å². The average molecular weight is 321 g/mol. The number of alkyl halides is 3. The lowest BCUT2D eigenvalue weighted by Crippen LogP contribution is -2.36. The van der Waals surface area contributed by atoms with Gasteiger partial charge in [0, 0.05) is 24.2 Å². The molecule has 10 heteroatoms. The summed E-state index contributed by atoms with van der Waals surface area (Å²) in [6, 6.07) is 0. The van der Waals surface area contributed by atoms with Crippen molar-refractivity contribution in [2.75, 3.05) is 13.2 Å². The van der Waals surface area contributed by atoms with Gasteiger partial charge in [-0.1, -0.05) is 0 Å². The summed E-state index contributed by atoms with van der Waals surface area (Å²) >= 11 is 0. The highest BCUT2D eigenvalue weighted by molar-refractivity contribution is 5.69. The van der Waals surface area contributed by atoms with E-state index < -0.39 is 37.0 Å². The van der Waals surface area contributed by atoms with Crippen LogP contribution in [0.2, 0.25) is 0 Å². The molecule has 22 heavy (non-hydrogen) atoms. The van der Waals surface area contributed by atoms with Crippen LogP contribution in [0.3, 0.4) is 0 Å². The fourth-order valence-electron chi connectivity index (χ4n) is 2.34. The molecular formula is C12H14F3N3O4. The Hall–Kier alpha value is -2.26. The largest absolute Gasteiger partial charge is 0.465 e. The maximum atomic E-state index is 13.0. The maximum Gasteiger partial charge on any atom is 0.435 e. The predicted octanol–water partition coefficient (Wildman–Crippen LogP) is 1.50. The normalized spacial score (nSPS) is 14.6. The molecule has 1 aromatic heterocycles. The topological polar surface area (TPSA) is 84.7 Å². The smallest absolute Gasteiger partial charge is 0.435 e. The van der Waals surface area contributed by atoms with Crippen LogP contribution in [0.25, 0.3) is 0 Å². The highest BCUT2D eigenvalue weighted by atomic mass is 19.4. The zero-order valence-corrected chi connectivity index (χ0v) is 11.7. The van der Waals surface area contributed by atoms with Gasteiger partial charge >= 0.3 is 18.2 Å². The maximum absolute atomic E-state index is 13.0. The molecular weight excluding hydrogens is 307 g/mol. The van der Waals surface area contributed by atoms with Crippen molar-refractivity contribution in [3.05, 3.63) is 17.0 Å². The molecule has 0 saturated heterocycles. The number of halogens is 3. The number of ether oxygens (including phenoxy) is 1. The fraction of sp³-hybridized carbons (Fsp3) is 0.583. The van der Waals surface area contributed by atoms with E-state index in [9.17, 15) is 22.8 Å². The van der Waals surface area contributed by atoms with Gasteiger partial charge in [-0.05, 0) is 6.92 Å². The number of rotatable bonds is 3. The molecule has 0 aromatic carbocycles. The second kappa shape index (κ2) is 5.85. The summed E-state index contributed by atoms with van der Waals surface area (Å²) in [7, 11) is 0. The minimum Gasteiger partial charge on any atom is -0.465 e. The molecule has 0 bridgehead atoms. The number of amides is 1. The molecule has 0 radical (unpaired) electrons. The summed E-state index contributed by atoms with van der Waals surface area (Å²) in [4.78, 5) is 23.3. The van der Waals surface area contributed by atoms with Gasteiger partial charge in [-0.25, -0.2) is 4.79 Å². The Kier molecular flexibility index (Phi) is 4.29. The molecule has 0 atom stereocenters. The van der Waals surface area contributed by atoms with Gasteiger partial charge in [0.25, 0.3) is 0 Å². The van der Waals surface area contributed by atoms with E-state index in [2.05, 4.69) is 5.10 Å². The molecule has 1 N–H and O–H groups in total. The van der Waals surface area contributed by atoms with Crippen LogP contribution in [-0.2, 0) is 35.2 Å². The fourth-order valence-corrected chi connectivity index (χ4v) is 2.34. The zero-order chi connectivity index (χ0) is 16.5. The van der Waals surface area contributed by atoms with E-state index in [1.165, 1.54) is 0 Å². The number of carbonyl (C=O) groups is 2. The van der Waals surface area contributed by atoms with Crippen LogP contribution in [0.1, 0.15) is 23.9 Å². The molecule has 0 fully saturated rings. The van der Waals surface area contributed by atoms with Gasteiger partial charge in [-0.2, -0.15) is 18.3 Å². The van der Waals surface area contributed by atoms with Gasteiger partial charge < -0.3 is 14.7 Å². The van der Waals surface area contributed by atoms with E-state index in [0.717, 1.165) is 9.58 Å². The molecule has 2 rings (SSSR count). The molecule has 0 unspecified atom stereocenters. The van der Waals surface area contributed by atoms with E-state index >= 15 is 0 Å². The summed E-state index contributed by atoms with van der Waals surface area (Å²) in [6.07, 6.45) is -5.95. The van der Waals surface area contributed by atoms with Crippen molar-refractivity contribution in [3.8, 4) is 0 Å². The number of fused-ring (bicyclic) bond motifs is 1. The van der Waals surface area contributed by atoms with E-state index in [0.29, 0.717) is 0 Å². The summed E-state index contributed by atoms with van der Waals surface area (Å²) in [5.74, 6) is -0.692. The summed E-state index contributed by atoms with van der Waals surface area (Å²) in [5, 5.41) is 12.4. The van der Waals surface area contributed by atoms with Crippen molar-refractivity contribution >= 4 is 12.1 Å². The van der Waals surface area contributed by atoms with Gasteiger partial charge in [-0.15, -0.1) is 0 Å². The minimum absolute atomic E-state index is 0.0498. The van der Waals surface area contributed by atoms with Crippen LogP contribution in [0.15, 0.2) is 0 Å². The van der Waals surface area contributed by atoms with E-state index in [-0.39, 0.29) is 30.8 Å². The lowest BCUT2D eigenvalue weighted by Gasteiger charge is -2.25. The number of carboxylic acid groups (broad SMARTS) is 1. The van der Waals surface area contributed by atoms with Crippen molar-refractivity contribution in [2.24, 2.45) is 0 Å². The minimum atomic E-state index is -4.72. The first kappa shape index (κ1) is 16.1. The Labute approximate surface area is 123 Å². The molecule has 2 heterocycles. The number of hydrogen-bond donors (Lipinski definition) is 1. The molecule has 1 aliphatic heterocycles. The molecule has 1 aliphatic rings. The summed E-state index contributed by atoms with van der Waals surface area (Å²) in [5.41, 5.74) is -1.14. The highest BCUT2D eigenvalue weighted by Gasteiger charge is 2.41. The lowest BCUT2D eigenvalue weighted by atomic mass is 10.1. The molecule has 7 nitrogen and oxygen atoms in total. The van der Waals surface area contributed by atoms with E-state index in [1.54, 1.807) is 6.92 Å². The molecule has 1 amide bonds. The summed E-state index contributed by atoms with van der Waals surface area (Å²) in [6.45, 7) is 0.916. The second-order valence-electron chi connectivity index (χ2n) is 4.69. The summed E-state index contributed by atoms with van der Waals surface area (Å²) < 4.78 is 44.8. The Bertz CT molecular complexity index is 597. The van der Waals surface area contributed by atoms with Crippen molar-refractivity contribution in [1.29, 1.82) is 0 Å². The van der Waals surface area contributed by atoms with Gasteiger partial charge in [0.1, 0.15) is 6.54 Å². The first-order chi connectivity index (χ1) is 10.2. The van der Waals surface area contributed by atoms with E-state index in [4.69, 9.17) is 9.84 Å². The zero-order valence-electron chi connectivity index (χ0n) is 11.7. The Morgan fingerprint density at radius 3 is 2.64 bits per heavy atom. The van der Waals surface area contributed by atoms with Crippen LogP contribution in [0.5, 0.6) is 0 Å². The standard InChI is InChI=1S/C12H14F3N3O4/c1-2-22-9(19)6-18-8-3-4-17(11(20)21)5-7(8)10(16-18)12(13,14)15/h2-6H2,1H3,(H,20,21). The third-order valence-corrected chi connectivity index (χ3v) is 3.26.